The number of amides is 1. The summed E-state index contributed by atoms with van der Waals surface area (Å²) in [5, 5.41) is 16.6. The number of hydrogen-bond acceptors (Lipinski definition) is 5. The van der Waals surface area contributed by atoms with Crippen LogP contribution >= 0.6 is 0 Å². The Morgan fingerprint density at radius 1 is 1.40 bits per heavy atom. The molecule has 0 spiro atoms. The fourth-order valence-corrected chi connectivity index (χ4v) is 3.28. The van der Waals surface area contributed by atoms with Crippen LogP contribution in [0.3, 0.4) is 0 Å². The first-order valence-corrected chi connectivity index (χ1v) is 8.55. The van der Waals surface area contributed by atoms with E-state index in [1.54, 1.807) is 14.0 Å². The van der Waals surface area contributed by atoms with E-state index in [2.05, 4.69) is 10.5 Å². The van der Waals surface area contributed by atoms with Gasteiger partial charge in [-0.25, -0.2) is 0 Å². The molecular weight excluding hydrogens is 320 g/mol. The van der Waals surface area contributed by atoms with Crippen LogP contribution in [0.5, 0.6) is 0 Å². The minimum absolute atomic E-state index is 0.0503. The van der Waals surface area contributed by atoms with Gasteiger partial charge in [-0.05, 0) is 37.7 Å². The minimum atomic E-state index is -0.265. The van der Waals surface area contributed by atoms with E-state index in [0.29, 0.717) is 24.2 Å². The Morgan fingerprint density at radius 3 is 2.76 bits per heavy atom. The quantitative estimate of drug-likeness (QED) is 0.805. The van der Waals surface area contributed by atoms with Crippen LogP contribution in [0.15, 0.2) is 34.9 Å². The molecule has 134 valence electrons. The van der Waals surface area contributed by atoms with Crippen molar-refractivity contribution >= 4 is 5.91 Å². The molecule has 0 saturated heterocycles. The Morgan fingerprint density at radius 2 is 2.12 bits per heavy atom. The lowest BCUT2D eigenvalue weighted by Gasteiger charge is -2.38. The molecule has 0 radical (unpaired) electrons. The molecule has 1 unspecified atom stereocenters. The number of nitrogens with zero attached hydrogens (tertiary/aromatic N) is 1. The van der Waals surface area contributed by atoms with Crippen LogP contribution in [-0.2, 0) is 17.8 Å². The lowest BCUT2D eigenvalue weighted by atomic mass is 9.75. The van der Waals surface area contributed by atoms with Gasteiger partial charge in [0.15, 0.2) is 5.69 Å². The summed E-state index contributed by atoms with van der Waals surface area (Å²) in [7, 11) is 1.57. The van der Waals surface area contributed by atoms with Crippen molar-refractivity contribution in [3.8, 4) is 0 Å². The van der Waals surface area contributed by atoms with Gasteiger partial charge >= 0.3 is 0 Å². The fourth-order valence-electron chi connectivity index (χ4n) is 3.28. The maximum absolute atomic E-state index is 12.7. The predicted octanol–water partition coefficient (Wildman–Crippen LogP) is 2.24. The Bertz CT molecular complexity index is 707. The smallest absolute Gasteiger partial charge is 0.274 e. The molecule has 1 heterocycles. The number of rotatable bonds is 7. The highest BCUT2D eigenvalue weighted by atomic mass is 16.5. The van der Waals surface area contributed by atoms with Crippen LogP contribution < -0.4 is 5.32 Å². The number of methoxy groups -OCH3 is 1. The SMILES string of the molecule is COCc1c(C(=O)NC(Cc2ccccc2)C2CC(O)C2)noc1C. The van der Waals surface area contributed by atoms with E-state index < -0.39 is 0 Å². The van der Waals surface area contributed by atoms with Crippen molar-refractivity contribution in [3.63, 3.8) is 0 Å². The van der Waals surface area contributed by atoms with Gasteiger partial charge in [-0.1, -0.05) is 35.5 Å². The Kier molecular flexibility index (Phi) is 5.50. The van der Waals surface area contributed by atoms with E-state index in [-0.39, 0.29) is 36.3 Å². The zero-order valence-corrected chi connectivity index (χ0v) is 14.6. The number of nitrogens with one attached hydrogen (secondary N) is 1. The molecule has 1 aliphatic rings. The summed E-state index contributed by atoms with van der Waals surface area (Å²) in [6.45, 7) is 2.05. The molecular formula is C19H24N2O4. The maximum Gasteiger partial charge on any atom is 0.274 e. The van der Waals surface area contributed by atoms with Crippen molar-refractivity contribution in [2.45, 2.75) is 44.9 Å². The van der Waals surface area contributed by atoms with Gasteiger partial charge in [0.25, 0.3) is 5.91 Å². The number of aryl methyl sites for hydroxylation is 1. The summed E-state index contributed by atoms with van der Waals surface area (Å²) in [5.74, 6) is 0.593. The zero-order valence-electron chi connectivity index (χ0n) is 14.6. The van der Waals surface area contributed by atoms with Gasteiger partial charge in [0.05, 0.1) is 18.3 Å². The van der Waals surface area contributed by atoms with E-state index in [1.165, 1.54) is 0 Å². The van der Waals surface area contributed by atoms with Gasteiger partial charge in [-0.3, -0.25) is 4.79 Å². The third-order valence-electron chi connectivity index (χ3n) is 4.82. The van der Waals surface area contributed by atoms with Crippen LogP contribution in [0.2, 0.25) is 0 Å². The molecule has 0 bridgehead atoms. The predicted molar refractivity (Wildman–Crippen MR) is 92.1 cm³/mol. The monoisotopic (exact) mass is 344 g/mol. The van der Waals surface area contributed by atoms with Gasteiger partial charge in [-0.2, -0.15) is 0 Å². The Hall–Kier alpha value is -2.18. The minimum Gasteiger partial charge on any atom is -0.393 e. The van der Waals surface area contributed by atoms with Crippen molar-refractivity contribution in [1.82, 2.24) is 10.5 Å². The number of aliphatic hydroxyl groups is 1. The number of carbonyl (C=O) groups excluding carboxylic acids is 1. The van der Waals surface area contributed by atoms with Crippen LogP contribution in [0.25, 0.3) is 0 Å². The molecule has 1 amide bonds. The fraction of sp³-hybridized carbons (Fsp3) is 0.474. The Balaban J connectivity index is 1.74. The molecule has 25 heavy (non-hydrogen) atoms. The number of hydrogen-bond donors (Lipinski definition) is 2. The Labute approximate surface area is 147 Å². The van der Waals surface area contributed by atoms with Crippen LogP contribution in [-0.4, -0.2) is 35.4 Å². The standard InChI is InChI=1S/C19H24N2O4/c1-12-16(11-24-2)18(21-25-12)19(23)20-17(14-9-15(22)10-14)8-13-6-4-3-5-7-13/h3-7,14-15,17,22H,8-11H2,1-2H3,(H,20,23). The highest BCUT2D eigenvalue weighted by Crippen LogP contribution is 2.32. The number of aromatic nitrogens is 1. The zero-order chi connectivity index (χ0) is 17.8. The van der Waals surface area contributed by atoms with Gasteiger partial charge < -0.3 is 19.7 Å². The average molecular weight is 344 g/mol. The normalized spacial score (nSPS) is 20.8. The second-order valence-corrected chi connectivity index (χ2v) is 6.65. The summed E-state index contributed by atoms with van der Waals surface area (Å²) in [5.41, 5.74) is 2.10. The van der Waals surface area contributed by atoms with E-state index in [4.69, 9.17) is 9.26 Å². The largest absolute Gasteiger partial charge is 0.393 e. The molecule has 2 aromatic rings. The second kappa shape index (κ2) is 7.80. The molecule has 1 aliphatic carbocycles. The van der Waals surface area contributed by atoms with Gasteiger partial charge in [-0.15, -0.1) is 0 Å². The first kappa shape index (κ1) is 17.6. The van der Waals surface area contributed by atoms with Crippen molar-refractivity contribution in [2.24, 2.45) is 5.92 Å². The molecule has 2 N–H and O–H groups in total. The summed E-state index contributed by atoms with van der Waals surface area (Å²) in [4.78, 5) is 12.7. The van der Waals surface area contributed by atoms with Crippen LogP contribution in [0.1, 0.15) is 40.2 Å². The lowest BCUT2D eigenvalue weighted by molar-refractivity contribution is 0.0238. The molecule has 6 nitrogen and oxygen atoms in total. The number of carbonyl (C=O) groups is 1. The summed E-state index contributed by atoms with van der Waals surface area (Å²) in [6.07, 6.45) is 1.88. The first-order valence-electron chi connectivity index (χ1n) is 8.55. The van der Waals surface area contributed by atoms with E-state index in [0.717, 1.165) is 12.0 Å². The van der Waals surface area contributed by atoms with Gasteiger partial charge in [0.1, 0.15) is 5.76 Å². The van der Waals surface area contributed by atoms with Crippen molar-refractivity contribution < 1.29 is 19.2 Å². The summed E-state index contributed by atoms with van der Waals surface area (Å²) < 4.78 is 10.3. The molecule has 0 aliphatic heterocycles. The van der Waals surface area contributed by atoms with E-state index in [1.807, 2.05) is 30.3 Å². The summed E-state index contributed by atoms with van der Waals surface area (Å²) >= 11 is 0. The first-order chi connectivity index (χ1) is 12.1. The lowest BCUT2D eigenvalue weighted by Crippen LogP contribution is -2.48. The number of aliphatic hydroxyl groups excluding tert-OH is 1. The maximum atomic E-state index is 12.7. The second-order valence-electron chi connectivity index (χ2n) is 6.65. The molecule has 1 atom stereocenters. The molecule has 1 aromatic heterocycles. The third-order valence-corrected chi connectivity index (χ3v) is 4.82. The van der Waals surface area contributed by atoms with Crippen LogP contribution in [0, 0.1) is 12.8 Å². The topological polar surface area (TPSA) is 84.6 Å². The van der Waals surface area contributed by atoms with E-state index in [9.17, 15) is 9.90 Å². The van der Waals surface area contributed by atoms with Crippen molar-refractivity contribution in [3.05, 3.63) is 52.9 Å². The van der Waals surface area contributed by atoms with Crippen molar-refractivity contribution in [1.29, 1.82) is 0 Å². The van der Waals surface area contributed by atoms with Crippen molar-refractivity contribution in [2.75, 3.05) is 7.11 Å². The number of benzene rings is 1. The highest BCUT2D eigenvalue weighted by molar-refractivity contribution is 5.94. The van der Waals surface area contributed by atoms with Crippen LogP contribution in [0.4, 0.5) is 0 Å². The molecule has 1 fully saturated rings. The third kappa shape index (κ3) is 4.08. The average Bonchev–Trinajstić information content (AvgIpc) is 2.94. The van der Waals surface area contributed by atoms with Gasteiger partial charge in [0.2, 0.25) is 0 Å². The van der Waals surface area contributed by atoms with Gasteiger partial charge in [0, 0.05) is 13.2 Å². The molecule has 6 heteroatoms. The molecule has 1 saturated carbocycles. The number of ether oxygens (including phenoxy) is 1. The molecule has 3 rings (SSSR count). The van der Waals surface area contributed by atoms with E-state index >= 15 is 0 Å². The highest BCUT2D eigenvalue weighted by Gasteiger charge is 2.35. The molecule has 1 aromatic carbocycles. The summed E-state index contributed by atoms with van der Waals surface area (Å²) in [6, 6.07) is 9.99.